The molecule has 6 nitrogen and oxygen atoms in total. The first-order chi connectivity index (χ1) is 15.0. The summed E-state index contributed by atoms with van der Waals surface area (Å²) in [6.07, 6.45) is 2.15. The molecule has 0 bridgehead atoms. The molecule has 1 aliphatic heterocycles. The Labute approximate surface area is 183 Å². The highest BCUT2D eigenvalue weighted by Gasteiger charge is 2.24. The number of methoxy groups -OCH3 is 1. The zero-order valence-electron chi connectivity index (χ0n) is 18.3. The van der Waals surface area contributed by atoms with E-state index in [1.807, 2.05) is 24.3 Å². The molecule has 1 saturated heterocycles. The molecule has 164 valence electrons. The monoisotopic (exact) mass is 422 g/mol. The van der Waals surface area contributed by atoms with Crippen LogP contribution in [0.4, 0.5) is 0 Å². The van der Waals surface area contributed by atoms with Crippen molar-refractivity contribution in [3.63, 3.8) is 0 Å². The molecule has 0 saturated carbocycles. The lowest BCUT2D eigenvalue weighted by molar-refractivity contribution is -0.132. The van der Waals surface area contributed by atoms with Crippen LogP contribution in [0.2, 0.25) is 0 Å². The number of nitrogens with zero attached hydrogens (tertiary/aromatic N) is 2. The number of hydrogen-bond donors (Lipinski definition) is 0. The highest BCUT2D eigenvalue weighted by atomic mass is 16.5. The first-order valence-corrected chi connectivity index (χ1v) is 10.8. The molecule has 0 aromatic heterocycles. The number of benzene rings is 2. The van der Waals surface area contributed by atoms with Gasteiger partial charge in [0.05, 0.1) is 7.11 Å². The summed E-state index contributed by atoms with van der Waals surface area (Å²) in [6, 6.07) is 14.7. The van der Waals surface area contributed by atoms with E-state index in [9.17, 15) is 14.4 Å². The van der Waals surface area contributed by atoms with Crippen molar-refractivity contribution in [2.24, 2.45) is 0 Å². The number of rotatable bonds is 8. The molecule has 0 unspecified atom stereocenters. The van der Waals surface area contributed by atoms with E-state index in [1.54, 1.807) is 41.2 Å². The quantitative estimate of drug-likeness (QED) is 0.610. The summed E-state index contributed by atoms with van der Waals surface area (Å²) in [6.45, 7) is 4.21. The molecule has 1 aliphatic rings. The third kappa shape index (κ3) is 5.94. The number of ether oxygens (including phenoxy) is 1. The highest BCUT2D eigenvalue weighted by Crippen LogP contribution is 2.15. The number of Topliss-reactive ketones (excluding diaryl/α,β-unsaturated/α-hetero) is 1. The van der Waals surface area contributed by atoms with Crippen molar-refractivity contribution in [2.75, 3.05) is 33.3 Å². The smallest absolute Gasteiger partial charge is 0.253 e. The summed E-state index contributed by atoms with van der Waals surface area (Å²) in [4.78, 5) is 41.1. The van der Waals surface area contributed by atoms with E-state index >= 15 is 0 Å². The van der Waals surface area contributed by atoms with Crippen LogP contribution >= 0.6 is 0 Å². The second-order valence-corrected chi connectivity index (χ2v) is 7.73. The molecule has 3 rings (SSSR count). The van der Waals surface area contributed by atoms with Crippen molar-refractivity contribution in [3.8, 4) is 5.75 Å². The van der Waals surface area contributed by atoms with Gasteiger partial charge in [0.2, 0.25) is 5.91 Å². The van der Waals surface area contributed by atoms with E-state index in [0.717, 1.165) is 6.42 Å². The maximum absolute atomic E-state index is 12.7. The fourth-order valence-electron chi connectivity index (χ4n) is 3.70. The zero-order valence-corrected chi connectivity index (χ0v) is 18.3. The predicted molar refractivity (Wildman–Crippen MR) is 119 cm³/mol. The SMILES string of the molecule is CCc1ccc(C(=O)N2CCN(C(=O)CCCC(=O)c3ccc(OC)cc3)CC2)cc1. The van der Waals surface area contributed by atoms with Gasteiger partial charge in [-0.15, -0.1) is 0 Å². The van der Waals surface area contributed by atoms with Gasteiger partial charge in [0.25, 0.3) is 5.91 Å². The minimum atomic E-state index is 0.0137. The van der Waals surface area contributed by atoms with Crippen LogP contribution < -0.4 is 4.74 Å². The third-order valence-electron chi connectivity index (χ3n) is 5.74. The number of carbonyl (C=O) groups excluding carboxylic acids is 3. The zero-order chi connectivity index (χ0) is 22.2. The Hall–Kier alpha value is -3.15. The average molecular weight is 423 g/mol. The Morgan fingerprint density at radius 1 is 0.806 bits per heavy atom. The van der Waals surface area contributed by atoms with Crippen molar-refractivity contribution in [3.05, 3.63) is 65.2 Å². The Morgan fingerprint density at radius 2 is 1.39 bits per heavy atom. The van der Waals surface area contributed by atoms with Crippen LogP contribution in [-0.2, 0) is 11.2 Å². The molecule has 0 aliphatic carbocycles. The lowest BCUT2D eigenvalue weighted by Crippen LogP contribution is -2.50. The van der Waals surface area contributed by atoms with Crippen LogP contribution in [-0.4, -0.2) is 60.7 Å². The lowest BCUT2D eigenvalue weighted by Gasteiger charge is -2.35. The maximum atomic E-state index is 12.7. The minimum absolute atomic E-state index is 0.0137. The van der Waals surface area contributed by atoms with Gasteiger partial charge in [0.1, 0.15) is 5.75 Å². The topological polar surface area (TPSA) is 66.9 Å². The van der Waals surface area contributed by atoms with Crippen molar-refractivity contribution in [2.45, 2.75) is 32.6 Å². The van der Waals surface area contributed by atoms with Crippen LogP contribution in [0.25, 0.3) is 0 Å². The molecule has 6 heteroatoms. The van der Waals surface area contributed by atoms with Gasteiger partial charge in [-0.1, -0.05) is 19.1 Å². The lowest BCUT2D eigenvalue weighted by atomic mass is 10.0. The van der Waals surface area contributed by atoms with Gasteiger partial charge in [0, 0.05) is 50.1 Å². The van der Waals surface area contributed by atoms with E-state index in [0.29, 0.717) is 62.3 Å². The molecule has 31 heavy (non-hydrogen) atoms. The summed E-state index contributed by atoms with van der Waals surface area (Å²) in [7, 11) is 1.59. The first-order valence-electron chi connectivity index (χ1n) is 10.8. The van der Waals surface area contributed by atoms with Gasteiger partial charge in [-0.05, 0) is 54.8 Å². The molecular formula is C25H30N2O4. The molecule has 0 atom stereocenters. The van der Waals surface area contributed by atoms with Crippen molar-refractivity contribution < 1.29 is 19.1 Å². The molecule has 2 aromatic carbocycles. The van der Waals surface area contributed by atoms with Crippen molar-refractivity contribution >= 4 is 17.6 Å². The second kappa shape index (κ2) is 10.8. The summed E-state index contributed by atoms with van der Waals surface area (Å²) in [5.41, 5.74) is 2.53. The number of carbonyl (C=O) groups is 3. The normalized spacial score (nSPS) is 13.7. The standard InChI is InChI=1S/C25H30N2O4/c1-3-19-7-9-21(10-8-19)25(30)27-17-15-26(16-18-27)24(29)6-4-5-23(28)20-11-13-22(31-2)14-12-20/h7-14H,3-6,15-18H2,1-2H3. The van der Waals surface area contributed by atoms with Gasteiger partial charge in [-0.3, -0.25) is 14.4 Å². The van der Waals surface area contributed by atoms with Gasteiger partial charge in [-0.25, -0.2) is 0 Å². The number of hydrogen-bond acceptors (Lipinski definition) is 4. The van der Waals surface area contributed by atoms with Crippen molar-refractivity contribution in [1.29, 1.82) is 0 Å². The van der Waals surface area contributed by atoms with E-state index < -0.39 is 0 Å². The fourth-order valence-corrected chi connectivity index (χ4v) is 3.70. The number of amides is 2. The highest BCUT2D eigenvalue weighted by molar-refractivity contribution is 5.96. The van der Waals surface area contributed by atoms with Crippen LogP contribution in [0, 0.1) is 0 Å². The van der Waals surface area contributed by atoms with Crippen LogP contribution in [0.1, 0.15) is 52.5 Å². The predicted octanol–water partition coefficient (Wildman–Crippen LogP) is 3.60. The van der Waals surface area contributed by atoms with Crippen LogP contribution in [0.3, 0.4) is 0 Å². The Morgan fingerprint density at radius 3 is 1.97 bits per heavy atom. The summed E-state index contributed by atoms with van der Waals surface area (Å²) in [5.74, 6) is 0.795. The molecule has 1 fully saturated rings. The number of piperazine rings is 1. The largest absolute Gasteiger partial charge is 0.497 e. The maximum Gasteiger partial charge on any atom is 0.253 e. The third-order valence-corrected chi connectivity index (χ3v) is 5.74. The second-order valence-electron chi connectivity index (χ2n) is 7.73. The minimum Gasteiger partial charge on any atom is -0.497 e. The van der Waals surface area contributed by atoms with Gasteiger partial charge in [0.15, 0.2) is 5.78 Å². The first kappa shape index (κ1) is 22.5. The number of ketones is 1. The molecule has 0 N–H and O–H groups in total. The van der Waals surface area contributed by atoms with E-state index in [1.165, 1.54) is 5.56 Å². The molecule has 0 radical (unpaired) electrons. The molecule has 1 heterocycles. The number of aryl methyl sites for hydroxylation is 1. The average Bonchev–Trinajstić information content (AvgIpc) is 2.83. The van der Waals surface area contributed by atoms with Crippen LogP contribution in [0.5, 0.6) is 5.75 Å². The van der Waals surface area contributed by atoms with Crippen LogP contribution in [0.15, 0.2) is 48.5 Å². The summed E-state index contributed by atoms with van der Waals surface area (Å²) < 4.78 is 5.10. The summed E-state index contributed by atoms with van der Waals surface area (Å²) >= 11 is 0. The van der Waals surface area contributed by atoms with E-state index in [4.69, 9.17) is 4.74 Å². The van der Waals surface area contributed by atoms with Gasteiger partial charge < -0.3 is 14.5 Å². The van der Waals surface area contributed by atoms with E-state index in [2.05, 4.69) is 6.92 Å². The Balaban J connectivity index is 1.41. The van der Waals surface area contributed by atoms with Gasteiger partial charge >= 0.3 is 0 Å². The summed E-state index contributed by atoms with van der Waals surface area (Å²) in [5, 5.41) is 0. The van der Waals surface area contributed by atoms with Crippen molar-refractivity contribution in [1.82, 2.24) is 9.80 Å². The Bertz CT molecular complexity index is 898. The molecule has 2 amide bonds. The Kier molecular flexibility index (Phi) is 7.82. The fraction of sp³-hybridized carbons (Fsp3) is 0.400. The van der Waals surface area contributed by atoms with Gasteiger partial charge in [-0.2, -0.15) is 0 Å². The molecule has 0 spiro atoms. The molecule has 2 aromatic rings. The van der Waals surface area contributed by atoms with E-state index in [-0.39, 0.29) is 17.6 Å². The molecular weight excluding hydrogens is 392 g/mol.